The van der Waals surface area contributed by atoms with Crippen molar-refractivity contribution in [2.24, 2.45) is 4.99 Å². The third-order valence-corrected chi connectivity index (χ3v) is 3.33. The lowest BCUT2D eigenvalue weighted by Crippen LogP contribution is -2.42. The molecule has 0 aliphatic heterocycles. The van der Waals surface area contributed by atoms with Gasteiger partial charge in [-0.2, -0.15) is 0 Å². The van der Waals surface area contributed by atoms with E-state index in [0.29, 0.717) is 19.1 Å². The van der Waals surface area contributed by atoms with E-state index in [9.17, 15) is 4.79 Å². The van der Waals surface area contributed by atoms with E-state index in [2.05, 4.69) is 27.8 Å². The van der Waals surface area contributed by atoms with Gasteiger partial charge in [-0.25, -0.2) is 4.99 Å². The third-order valence-electron chi connectivity index (χ3n) is 3.33. The van der Waals surface area contributed by atoms with Crippen LogP contribution in [0.3, 0.4) is 0 Å². The molecule has 1 aromatic carbocycles. The van der Waals surface area contributed by atoms with Gasteiger partial charge in [0.15, 0.2) is 5.96 Å². The zero-order chi connectivity index (χ0) is 18.9. The Morgan fingerprint density at radius 3 is 2.48 bits per heavy atom. The molecule has 0 unspecified atom stereocenters. The highest BCUT2D eigenvalue weighted by Crippen LogP contribution is 2.13. The number of rotatable bonds is 7. The van der Waals surface area contributed by atoms with Crippen molar-refractivity contribution in [2.75, 3.05) is 27.2 Å². The summed E-state index contributed by atoms with van der Waals surface area (Å²) in [6.45, 7) is 10.2. The molecule has 0 aliphatic rings. The van der Waals surface area contributed by atoms with Crippen LogP contribution in [0.4, 0.5) is 0 Å². The maximum atomic E-state index is 11.7. The molecule has 0 spiro atoms. The number of aliphatic imine (C=N–C) groups is 1. The van der Waals surface area contributed by atoms with Crippen LogP contribution in [-0.4, -0.2) is 49.6 Å². The van der Waals surface area contributed by atoms with E-state index < -0.39 is 0 Å². The Morgan fingerprint density at radius 1 is 1.20 bits per heavy atom. The number of hydrogen-bond acceptors (Lipinski definition) is 3. The van der Waals surface area contributed by atoms with E-state index in [1.54, 1.807) is 19.0 Å². The van der Waals surface area contributed by atoms with E-state index in [1.165, 1.54) is 0 Å². The number of carbonyl (C=O) groups excluding carboxylic acids is 1. The van der Waals surface area contributed by atoms with Crippen molar-refractivity contribution in [3.8, 4) is 0 Å². The molecule has 0 fully saturated rings. The number of nitrogens with zero attached hydrogens (tertiary/aromatic N) is 2. The Kier molecular flexibility index (Phi) is 8.41. The van der Waals surface area contributed by atoms with Crippen LogP contribution in [0.15, 0.2) is 29.3 Å². The Balaban J connectivity index is 2.67. The maximum Gasteiger partial charge on any atom is 0.241 e. The number of likely N-dealkylation sites (N-methyl/N-ethyl adjacent to an activating group) is 1. The Bertz CT molecular complexity index is 577. The smallest absolute Gasteiger partial charge is 0.241 e. The van der Waals surface area contributed by atoms with Gasteiger partial charge < -0.3 is 20.3 Å². The number of amides is 1. The second-order valence-corrected chi connectivity index (χ2v) is 7.06. The number of benzene rings is 1. The van der Waals surface area contributed by atoms with Gasteiger partial charge in [0, 0.05) is 20.6 Å². The van der Waals surface area contributed by atoms with Crippen molar-refractivity contribution in [3.63, 3.8) is 0 Å². The fourth-order valence-corrected chi connectivity index (χ4v) is 1.95. The molecule has 1 aromatic rings. The van der Waals surface area contributed by atoms with Crippen LogP contribution in [0, 0.1) is 0 Å². The Labute approximate surface area is 151 Å². The molecule has 0 radical (unpaired) electrons. The van der Waals surface area contributed by atoms with Crippen LogP contribution in [0.25, 0.3) is 0 Å². The average Bonchev–Trinajstić information content (AvgIpc) is 2.55. The van der Waals surface area contributed by atoms with Crippen molar-refractivity contribution in [3.05, 3.63) is 35.4 Å². The molecular formula is C19H32N4O2. The Hall–Kier alpha value is -2.08. The van der Waals surface area contributed by atoms with Gasteiger partial charge in [-0.1, -0.05) is 24.3 Å². The molecular weight excluding hydrogens is 316 g/mol. The van der Waals surface area contributed by atoms with Crippen LogP contribution in [0.2, 0.25) is 0 Å². The fourth-order valence-electron chi connectivity index (χ4n) is 1.95. The van der Waals surface area contributed by atoms with E-state index in [-0.39, 0.29) is 18.1 Å². The number of guanidine groups is 1. The molecule has 6 nitrogen and oxygen atoms in total. The summed E-state index contributed by atoms with van der Waals surface area (Å²) < 4.78 is 5.82. The first-order valence-corrected chi connectivity index (χ1v) is 8.65. The summed E-state index contributed by atoms with van der Waals surface area (Å²) in [5, 5.41) is 6.20. The van der Waals surface area contributed by atoms with Crippen molar-refractivity contribution in [2.45, 2.75) is 46.4 Å². The van der Waals surface area contributed by atoms with Crippen LogP contribution in [-0.2, 0) is 22.7 Å². The normalized spacial score (nSPS) is 12.0. The summed E-state index contributed by atoms with van der Waals surface area (Å²) in [5.74, 6) is 0.640. The summed E-state index contributed by atoms with van der Waals surface area (Å²) in [6.07, 6.45) is 0. The molecule has 2 N–H and O–H groups in total. The predicted molar refractivity (Wildman–Crippen MR) is 102 cm³/mol. The fraction of sp³-hybridized carbons (Fsp3) is 0.579. The topological polar surface area (TPSA) is 66.0 Å². The Morgan fingerprint density at radius 2 is 1.88 bits per heavy atom. The summed E-state index contributed by atoms with van der Waals surface area (Å²) in [7, 11) is 3.47. The number of ether oxygens (including phenoxy) is 1. The van der Waals surface area contributed by atoms with Gasteiger partial charge in [0.25, 0.3) is 0 Å². The lowest BCUT2D eigenvalue weighted by atomic mass is 10.1. The van der Waals surface area contributed by atoms with Crippen LogP contribution in [0.5, 0.6) is 0 Å². The molecule has 0 saturated carbocycles. The molecule has 1 amide bonds. The molecule has 25 heavy (non-hydrogen) atoms. The van der Waals surface area contributed by atoms with E-state index in [0.717, 1.165) is 17.7 Å². The second kappa shape index (κ2) is 10.0. The molecule has 0 aromatic heterocycles. The zero-order valence-corrected chi connectivity index (χ0v) is 16.3. The third kappa shape index (κ3) is 9.10. The molecule has 0 aliphatic carbocycles. The van der Waals surface area contributed by atoms with Gasteiger partial charge in [-0.3, -0.25) is 4.79 Å². The molecule has 0 heterocycles. The first kappa shape index (κ1) is 21.0. The van der Waals surface area contributed by atoms with Crippen molar-refractivity contribution >= 4 is 11.9 Å². The first-order chi connectivity index (χ1) is 11.7. The van der Waals surface area contributed by atoms with Gasteiger partial charge in [0.05, 0.1) is 25.3 Å². The molecule has 0 saturated heterocycles. The average molecular weight is 348 g/mol. The maximum absolute atomic E-state index is 11.7. The predicted octanol–water partition coefficient (Wildman–Crippen LogP) is 2.14. The van der Waals surface area contributed by atoms with E-state index >= 15 is 0 Å². The van der Waals surface area contributed by atoms with Crippen LogP contribution >= 0.6 is 0 Å². The molecule has 0 bridgehead atoms. The van der Waals surface area contributed by atoms with Gasteiger partial charge in [-0.15, -0.1) is 0 Å². The summed E-state index contributed by atoms with van der Waals surface area (Å²) in [4.78, 5) is 17.8. The first-order valence-electron chi connectivity index (χ1n) is 8.65. The lowest BCUT2D eigenvalue weighted by molar-refractivity contribution is -0.127. The lowest BCUT2D eigenvalue weighted by Gasteiger charge is -2.19. The minimum Gasteiger partial charge on any atom is -0.371 e. The highest BCUT2D eigenvalue weighted by molar-refractivity contribution is 5.86. The number of hydrogen-bond donors (Lipinski definition) is 2. The minimum atomic E-state index is -0.157. The van der Waals surface area contributed by atoms with Gasteiger partial charge in [-0.05, 0) is 38.8 Å². The monoisotopic (exact) mass is 348 g/mol. The summed E-state index contributed by atoms with van der Waals surface area (Å²) in [6, 6.07) is 8.21. The van der Waals surface area contributed by atoms with Gasteiger partial charge in [0.1, 0.15) is 0 Å². The second-order valence-electron chi connectivity index (χ2n) is 7.06. The van der Waals surface area contributed by atoms with Crippen LogP contribution in [0.1, 0.15) is 38.8 Å². The van der Waals surface area contributed by atoms with Gasteiger partial charge in [0.2, 0.25) is 5.91 Å². The van der Waals surface area contributed by atoms with E-state index in [1.807, 2.05) is 39.8 Å². The van der Waals surface area contributed by atoms with E-state index in [4.69, 9.17) is 4.74 Å². The number of carbonyl (C=O) groups is 1. The van der Waals surface area contributed by atoms with Crippen molar-refractivity contribution < 1.29 is 9.53 Å². The summed E-state index contributed by atoms with van der Waals surface area (Å²) in [5.41, 5.74) is 2.07. The quantitative estimate of drug-likeness (QED) is 0.585. The SMILES string of the molecule is CCNC(=NCc1cccc(COC(C)(C)C)c1)NCC(=O)N(C)C. The highest BCUT2D eigenvalue weighted by atomic mass is 16.5. The van der Waals surface area contributed by atoms with Gasteiger partial charge >= 0.3 is 0 Å². The number of nitrogens with one attached hydrogen (secondary N) is 2. The van der Waals surface area contributed by atoms with Crippen molar-refractivity contribution in [1.82, 2.24) is 15.5 Å². The zero-order valence-electron chi connectivity index (χ0n) is 16.3. The molecule has 0 atom stereocenters. The highest BCUT2D eigenvalue weighted by Gasteiger charge is 2.10. The summed E-state index contributed by atoms with van der Waals surface area (Å²) >= 11 is 0. The molecule has 140 valence electrons. The largest absolute Gasteiger partial charge is 0.371 e. The van der Waals surface area contributed by atoms with Crippen LogP contribution < -0.4 is 10.6 Å². The standard InChI is InChI=1S/C19H32N4O2/c1-7-20-18(22-13-17(24)23(5)6)21-12-15-9-8-10-16(11-15)14-25-19(2,3)4/h8-11H,7,12-14H2,1-6H3,(H2,20,21,22). The minimum absolute atomic E-state index is 0.00642. The van der Waals surface area contributed by atoms with Crippen molar-refractivity contribution in [1.29, 1.82) is 0 Å². The molecule has 1 rings (SSSR count). The molecule has 6 heteroatoms.